The summed E-state index contributed by atoms with van der Waals surface area (Å²) in [6.07, 6.45) is 1.71. The molecule has 3 aromatic heterocycles. The molecule has 0 aromatic carbocycles. The lowest BCUT2D eigenvalue weighted by molar-refractivity contribution is 1.17. The standard InChI is InChI=1S/C9H4ClN3S2/c10-5-1-2-11-6-3-8(15-9(5)6)7-4-14-13-12-7/h1-4H. The number of hydrogen-bond acceptors (Lipinski definition) is 5. The Morgan fingerprint density at radius 2 is 2.27 bits per heavy atom. The second-order valence-electron chi connectivity index (χ2n) is 2.91. The fourth-order valence-corrected chi connectivity index (χ4v) is 3.08. The molecule has 0 radical (unpaired) electrons. The fourth-order valence-electron chi connectivity index (χ4n) is 1.31. The number of halogens is 1. The molecule has 0 aliphatic rings. The van der Waals surface area contributed by atoms with E-state index in [4.69, 9.17) is 11.6 Å². The number of rotatable bonds is 1. The highest BCUT2D eigenvalue weighted by Crippen LogP contribution is 2.35. The fraction of sp³-hybridized carbons (Fsp3) is 0. The number of thiophene rings is 1. The molecule has 74 valence electrons. The van der Waals surface area contributed by atoms with Gasteiger partial charge in [0, 0.05) is 11.6 Å². The smallest absolute Gasteiger partial charge is 0.115 e. The maximum atomic E-state index is 6.07. The second kappa shape index (κ2) is 3.52. The molecular weight excluding hydrogens is 250 g/mol. The number of pyridine rings is 1. The molecule has 0 unspecified atom stereocenters. The van der Waals surface area contributed by atoms with Gasteiger partial charge in [-0.25, -0.2) is 0 Å². The summed E-state index contributed by atoms with van der Waals surface area (Å²) in [5.74, 6) is 0. The predicted octanol–water partition coefficient (Wildman–Crippen LogP) is 3.47. The summed E-state index contributed by atoms with van der Waals surface area (Å²) in [5.41, 5.74) is 1.80. The average Bonchev–Trinajstić information content (AvgIpc) is 2.86. The van der Waals surface area contributed by atoms with Crippen LogP contribution in [0.3, 0.4) is 0 Å². The molecule has 0 atom stereocenters. The van der Waals surface area contributed by atoms with Gasteiger partial charge in [0.05, 0.1) is 20.1 Å². The molecule has 0 bridgehead atoms. The van der Waals surface area contributed by atoms with E-state index >= 15 is 0 Å². The van der Waals surface area contributed by atoms with Crippen LogP contribution in [0.25, 0.3) is 20.8 Å². The molecule has 15 heavy (non-hydrogen) atoms. The van der Waals surface area contributed by atoms with Crippen molar-refractivity contribution in [1.82, 2.24) is 14.6 Å². The minimum Gasteiger partial charge on any atom is -0.255 e. The first-order chi connectivity index (χ1) is 7.34. The number of hydrogen-bond donors (Lipinski definition) is 0. The normalized spacial score (nSPS) is 11.0. The Labute approximate surface area is 98.5 Å². The van der Waals surface area contributed by atoms with Crippen LogP contribution >= 0.6 is 34.5 Å². The van der Waals surface area contributed by atoms with Gasteiger partial charge < -0.3 is 0 Å². The van der Waals surface area contributed by atoms with E-state index in [1.165, 1.54) is 11.5 Å². The van der Waals surface area contributed by atoms with Crippen LogP contribution in [0.2, 0.25) is 5.02 Å². The van der Waals surface area contributed by atoms with Crippen molar-refractivity contribution in [2.24, 2.45) is 0 Å². The zero-order valence-corrected chi connectivity index (χ0v) is 9.73. The highest BCUT2D eigenvalue weighted by Gasteiger charge is 2.09. The maximum absolute atomic E-state index is 6.07. The van der Waals surface area contributed by atoms with Crippen molar-refractivity contribution >= 4 is 44.7 Å². The quantitative estimate of drug-likeness (QED) is 0.667. The summed E-state index contributed by atoms with van der Waals surface area (Å²) >= 11 is 9.00. The van der Waals surface area contributed by atoms with Crippen LogP contribution in [-0.2, 0) is 0 Å². The van der Waals surface area contributed by atoms with Crippen LogP contribution in [0.15, 0.2) is 23.7 Å². The van der Waals surface area contributed by atoms with Crippen LogP contribution < -0.4 is 0 Å². The van der Waals surface area contributed by atoms with Crippen molar-refractivity contribution in [2.75, 3.05) is 0 Å². The average molecular weight is 254 g/mol. The molecule has 0 N–H and O–H groups in total. The third-order valence-electron chi connectivity index (χ3n) is 1.98. The molecule has 3 rings (SSSR count). The van der Waals surface area contributed by atoms with Crippen molar-refractivity contribution in [2.45, 2.75) is 0 Å². The summed E-state index contributed by atoms with van der Waals surface area (Å²) < 4.78 is 4.84. The molecule has 0 spiro atoms. The van der Waals surface area contributed by atoms with Gasteiger partial charge in [-0.3, -0.25) is 4.98 Å². The molecule has 6 heteroatoms. The lowest BCUT2D eigenvalue weighted by Crippen LogP contribution is -1.71. The SMILES string of the molecule is Clc1ccnc2cc(-c3csnn3)sc12. The van der Waals surface area contributed by atoms with Crippen LogP contribution in [-0.4, -0.2) is 14.6 Å². The van der Waals surface area contributed by atoms with Gasteiger partial charge in [0.1, 0.15) is 5.69 Å². The van der Waals surface area contributed by atoms with Crippen molar-refractivity contribution in [3.63, 3.8) is 0 Å². The van der Waals surface area contributed by atoms with Crippen LogP contribution in [0, 0.1) is 0 Å². The minimum absolute atomic E-state index is 0.736. The lowest BCUT2D eigenvalue weighted by Gasteiger charge is -1.88. The number of aromatic nitrogens is 3. The van der Waals surface area contributed by atoms with Gasteiger partial charge in [0.15, 0.2) is 0 Å². The van der Waals surface area contributed by atoms with E-state index in [0.29, 0.717) is 0 Å². The van der Waals surface area contributed by atoms with Crippen molar-refractivity contribution < 1.29 is 0 Å². The first kappa shape index (κ1) is 9.21. The summed E-state index contributed by atoms with van der Waals surface area (Å²) in [6, 6.07) is 3.78. The molecular formula is C9H4ClN3S2. The van der Waals surface area contributed by atoms with E-state index in [0.717, 1.165) is 25.8 Å². The largest absolute Gasteiger partial charge is 0.255 e. The third-order valence-corrected chi connectivity index (χ3v) is 4.09. The first-order valence-electron chi connectivity index (χ1n) is 4.16. The molecule has 0 aliphatic carbocycles. The minimum atomic E-state index is 0.736. The Morgan fingerprint density at radius 1 is 1.33 bits per heavy atom. The Morgan fingerprint density at radius 3 is 3.00 bits per heavy atom. The van der Waals surface area contributed by atoms with E-state index in [9.17, 15) is 0 Å². The van der Waals surface area contributed by atoms with E-state index in [1.54, 1.807) is 23.6 Å². The van der Waals surface area contributed by atoms with Gasteiger partial charge in [-0.05, 0) is 23.7 Å². The monoisotopic (exact) mass is 253 g/mol. The molecule has 0 saturated carbocycles. The van der Waals surface area contributed by atoms with E-state index < -0.39 is 0 Å². The predicted molar refractivity (Wildman–Crippen MR) is 63.5 cm³/mol. The topological polar surface area (TPSA) is 38.7 Å². The van der Waals surface area contributed by atoms with Crippen LogP contribution in [0.4, 0.5) is 0 Å². The molecule has 0 aliphatic heterocycles. The molecule has 0 amide bonds. The summed E-state index contributed by atoms with van der Waals surface area (Å²) in [6.45, 7) is 0. The summed E-state index contributed by atoms with van der Waals surface area (Å²) in [4.78, 5) is 5.31. The van der Waals surface area contributed by atoms with Crippen molar-refractivity contribution in [1.29, 1.82) is 0 Å². The van der Waals surface area contributed by atoms with Gasteiger partial charge >= 0.3 is 0 Å². The highest BCUT2D eigenvalue weighted by atomic mass is 35.5. The van der Waals surface area contributed by atoms with Gasteiger partial charge in [0.25, 0.3) is 0 Å². The zero-order valence-electron chi connectivity index (χ0n) is 7.35. The Kier molecular flexibility index (Phi) is 2.16. The van der Waals surface area contributed by atoms with Crippen molar-refractivity contribution in [3.05, 3.63) is 28.7 Å². The second-order valence-corrected chi connectivity index (χ2v) is 4.98. The van der Waals surface area contributed by atoms with Crippen molar-refractivity contribution in [3.8, 4) is 10.6 Å². The van der Waals surface area contributed by atoms with Crippen LogP contribution in [0.5, 0.6) is 0 Å². The van der Waals surface area contributed by atoms with Gasteiger partial charge in [-0.2, -0.15) is 0 Å². The van der Waals surface area contributed by atoms with Gasteiger partial charge in [-0.15, -0.1) is 16.4 Å². The lowest BCUT2D eigenvalue weighted by atomic mass is 10.3. The molecule has 0 saturated heterocycles. The zero-order chi connectivity index (χ0) is 10.3. The first-order valence-corrected chi connectivity index (χ1v) is 6.19. The maximum Gasteiger partial charge on any atom is 0.115 e. The summed E-state index contributed by atoms with van der Waals surface area (Å²) in [7, 11) is 0. The van der Waals surface area contributed by atoms with E-state index in [1.807, 2.05) is 11.4 Å². The third kappa shape index (κ3) is 1.52. The number of fused-ring (bicyclic) bond motifs is 1. The summed E-state index contributed by atoms with van der Waals surface area (Å²) in [5, 5.41) is 6.67. The number of nitrogens with zero attached hydrogens (tertiary/aromatic N) is 3. The van der Waals surface area contributed by atoms with E-state index in [-0.39, 0.29) is 0 Å². The Hall–Kier alpha value is -1.04. The highest BCUT2D eigenvalue weighted by molar-refractivity contribution is 7.22. The van der Waals surface area contributed by atoms with Gasteiger partial charge in [-0.1, -0.05) is 16.1 Å². The van der Waals surface area contributed by atoms with E-state index in [2.05, 4.69) is 14.6 Å². The molecule has 0 fully saturated rings. The molecule has 3 nitrogen and oxygen atoms in total. The molecule has 3 heterocycles. The molecule has 3 aromatic rings. The Bertz CT molecular complexity index is 603. The Balaban J connectivity index is 2.27. The van der Waals surface area contributed by atoms with Crippen LogP contribution in [0.1, 0.15) is 0 Å². The van der Waals surface area contributed by atoms with Gasteiger partial charge in [0.2, 0.25) is 0 Å².